The fourth-order valence-corrected chi connectivity index (χ4v) is 4.75. The van der Waals surface area contributed by atoms with Crippen molar-refractivity contribution in [2.45, 2.75) is 50.9 Å². The fourth-order valence-electron chi connectivity index (χ4n) is 3.75. The summed E-state index contributed by atoms with van der Waals surface area (Å²) < 4.78 is 57.1. The molecule has 1 fully saturated rings. The van der Waals surface area contributed by atoms with Crippen LogP contribution in [0.5, 0.6) is 0 Å². The molecule has 1 unspecified atom stereocenters. The molecule has 4 heterocycles. The van der Waals surface area contributed by atoms with E-state index in [2.05, 4.69) is 20.0 Å². The van der Waals surface area contributed by atoms with Crippen LogP contribution in [0.15, 0.2) is 16.6 Å². The number of nitrogens with zero attached hydrogens (tertiary/aromatic N) is 5. The number of hydrogen-bond acceptors (Lipinski definition) is 8. The number of ether oxygens (including phenoxy) is 1. The van der Waals surface area contributed by atoms with E-state index in [-0.39, 0.29) is 12.3 Å². The van der Waals surface area contributed by atoms with Gasteiger partial charge in [0, 0.05) is 24.4 Å². The van der Waals surface area contributed by atoms with E-state index in [0.717, 1.165) is 5.01 Å². The van der Waals surface area contributed by atoms with E-state index in [1.807, 2.05) is 0 Å². The maximum atomic E-state index is 13.1. The smallest absolute Gasteiger partial charge is 0.450 e. The van der Waals surface area contributed by atoms with E-state index >= 15 is 0 Å². The molecule has 15 heteroatoms. The molecule has 0 saturated carbocycles. The number of amides is 1. The first-order chi connectivity index (χ1) is 16.2. The van der Waals surface area contributed by atoms with Gasteiger partial charge >= 0.3 is 6.16 Å². The number of aromatic nitrogens is 3. The molecule has 2 aliphatic rings. The number of piperidine rings is 1. The highest BCUT2D eigenvalue weighted by atomic mass is 32.1. The lowest BCUT2D eigenvalue weighted by molar-refractivity contribution is -0.133. The Labute approximate surface area is 193 Å². The quantitative estimate of drug-likeness (QED) is 0.449. The van der Waals surface area contributed by atoms with Crippen LogP contribution in [0.4, 0.5) is 22.4 Å². The molecular formula is C19H19F4N5O5S. The number of carbonyl (C=O) groups is 2. The summed E-state index contributed by atoms with van der Waals surface area (Å²) in [5.74, 6) is -0.422. The van der Waals surface area contributed by atoms with Crippen LogP contribution in [0.2, 0.25) is 0 Å². The van der Waals surface area contributed by atoms with Gasteiger partial charge in [-0.15, -0.1) is 11.3 Å². The largest absolute Gasteiger partial charge is 0.508 e. The van der Waals surface area contributed by atoms with Gasteiger partial charge in [-0.05, 0) is 18.9 Å². The van der Waals surface area contributed by atoms with Crippen LogP contribution in [0, 0.1) is 0 Å². The topological polar surface area (TPSA) is 119 Å². The second-order valence-corrected chi connectivity index (χ2v) is 8.53. The Morgan fingerprint density at radius 1 is 1.24 bits per heavy atom. The Bertz CT molecular complexity index is 1080. The van der Waals surface area contributed by atoms with Crippen LogP contribution in [-0.2, 0) is 20.9 Å². The normalized spacial score (nSPS) is 18.9. The van der Waals surface area contributed by atoms with Crippen LogP contribution < -0.4 is 0 Å². The second-order valence-electron chi connectivity index (χ2n) is 7.64. The number of hydrogen-bond donors (Lipinski definition) is 1. The van der Waals surface area contributed by atoms with Crippen molar-refractivity contribution in [3.05, 3.63) is 33.5 Å². The zero-order chi connectivity index (χ0) is 24.4. The van der Waals surface area contributed by atoms with Gasteiger partial charge < -0.3 is 19.6 Å². The molecule has 184 valence electrons. The summed E-state index contributed by atoms with van der Waals surface area (Å²) in [7, 11) is 0. The first kappa shape index (κ1) is 23.9. The van der Waals surface area contributed by atoms with Gasteiger partial charge in [-0.1, -0.05) is 5.16 Å². The highest BCUT2D eigenvalue weighted by Crippen LogP contribution is 2.32. The molecule has 0 aromatic carbocycles. The minimum Gasteiger partial charge on any atom is -0.450 e. The minimum atomic E-state index is -3.03. The third kappa shape index (κ3) is 5.29. The summed E-state index contributed by atoms with van der Waals surface area (Å²) in [6.45, 7) is 0.159. The lowest BCUT2D eigenvalue weighted by atomic mass is 9.97. The van der Waals surface area contributed by atoms with E-state index < -0.39 is 49.1 Å². The van der Waals surface area contributed by atoms with E-state index in [9.17, 15) is 27.2 Å². The number of carbonyl (C=O) groups excluding carboxylic acids is 1. The molecule has 0 aliphatic carbocycles. The Morgan fingerprint density at radius 2 is 1.97 bits per heavy atom. The molecule has 2 aromatic rings. The number of halogens is 4. The number of oxime groups is 1. The van der Waals surface area contributed by atoms with Crippen LogP contribution in [-0.4, -0.2) is 61.9 Å². The Morgan fingerprint density at radius 3 is 2.62 bits per heavy atom. The zero-order valence-electron chi connectivity index (χ0n) is 17.4. The molecule has 4 rings (SSSR count). The summed E-state index contributed by atoms with van der Waals surface area (Å²) in [5.41, 5.74) is -0.482. The molecule has 1 atom stereocenters. The van der Waals surface area contributed by atoms with Crippen molar-refractivity contribution in [1.29, 1.82) is 0 Å². The van der Waals surface area contributed by atoms with Gasteiger partial charge in [-0.2, -0.15) is 5.10 Å². The zero-order valence-corrected chi connectivity index (χ0v) is 18.3. The molecule has 0 radical (unpaired) electrons. The maximum Gasteiger partial charge on any atom is 0.508 e. The monoisotopic (exact) mass is 505 g/mol. The number of rotatable bonds is 7. The Hall–Kier alpha value is -3.23. The van der Waals surface area contributed by atoms with Gasteiger partial charge in [-0.25, -0.2) is 27.3 Å². The van der Waals surface area contributed by atoms with Gasteiger partial charge in [0.1, 0.15) is 23.6 Å². The van der Waals surface area contributed by atoms with E-state index in [1.165, 1.54) is 16.2 Å². The molecule has 2 aliphatic heterocycles. The molecule has 0 spiro atoms. The van der Waals surface area contributed by atoms with Crippen molar-refractivity contribution in [2.24, 2.45) is 5.16 Å². The molecule has 1 N–H and O–H groups in total. The van der Waals surface area contributed by atoms with Crippen molar-refractivity contribution in [3.8, 4) is 0 Å². The average molecular weight is 505 g/mol. The number of alkyl halides is 4. The van der Waals surface area contributed by atoms with Gasteiger partial charge in [-0.3, -0.25) is 9.48 Å². The van der Waals surface area contributed by atoms with E-state index in [1.54, 1.807) is 5.38 Å². The van der Waals surface area contributed by atoms with Gasteiger partial charge in [0.05, 0.1) is 17.1 Å². The van der Waals surface area contributed by atoms with Crippen LogP contribution in [0.3, 0.4) is 0 Å². The molecule has 2 aromatic heterocycles. The summed E-state index contributed by atoms with van der Waals surface area (Å²) in [5, 5.41) is 18.5. The van der Waals surface area contributed by atoms with Gasteiger partial charge in [0.25, 0.3) is 19.1 Å². The summed E-state index contributed by atoms with van der Waals surface area (Å²) in [6.07, 6.45) is -7.21. The van der Waals surface area contributed by atoms with Gasteiger partial charge in [0.2, 0.25) is 5.91 Å². The van der Waals surface area contributed by atoms with Gasteiger partial charge in [0.15, 0.2) is 0 Å². The first-order valence-corrected chi connectivity index (χ1v) is 11.1. The summed E-state index contributed by atoms with van der Waals surface area (Å²) >= 11 is 1.40. The predicted octanol–water partition coefficient (Wildman–Crippen LogP) is 3.77. The first-order valence-electron chi connectivity index (χ1n) is 10.2. The summed E-state index contributed by atoms with van der Waals surface area (Å²) in [4.78, 5) is 34.1. The SMILES string of the molecule is O=C(O)OC1CC(c2csc(C3CCN(C(=O)Cn4nc(C(F)F)cc4C(F)F)CC3)n2)=NO1. The third-order valence-electron chi connectivity index (χ3n) is 5.45. The van der Waals surface area contributed by atoms with Crippen molar-refractivity contribution < 1.29 is 41.8 Å². The van der Waals surface area contributed by atoms with Crippen LogP contribution >= 0.6 is 11.3 Å². The molecular weight excluding hydrogens is 486 g/mol. The lowest BCUT2D eigenvalue weighted by Crippen LogP contribution is -2.40. The van der Waals surface area contributed by atoms with Crippen molar-refractivity contribution in [1.82, 2.24) is 19.7 Å². The molecule has 0 bridgehead atoms. The van der Waals surface area contributed by atoms with E-state index in [0.29, 0.717) is 48.1 Å². The summed E-state index contributed by atoms with van der Waals surface area (Å²) in [6, 6.07) is 0.616. The standard InChI is InChI=1S/C19H19F4N5O5S/c20-16(21)11-5-13(17(22)23)28(25-11)7-14(29)27-3-1-9(2-4-27)18-24-12(8-34-18)10-6-15(33-26-10)32-19(30)31/h5,8-9,15-17H,1-4,6-7H2,(H,30,31). The average Bonchev–Trinajstić information content (AvgIpc) is 3.53. The highest BCUT2D eigenvalue weighted by Gasteiger charge is 2.30. The Kier molecular flexibility index (Phi) is 7.00. The molecule has 1 amide bonds. The number of thiazole rings is 1. The van der Waals surface area contributed by atoms with Crippen molar-refractivity contribution in [3.63, 3.8) is 0 Å². The number of likely N-dealkylation sites (tertiary alicyclic amines) is 1. The highest BCUT2D eigenvalue weighted by molar-refractivity contribution is 7.10. The van der Waals surface area contributed by atoms with Crippen LogP contribution in [0.1, 0.15) is 60.1 Å². The molecule has 34 heavy (non-hydrogen) atoms. The molecule has 10 nitrogen and oxygen atoms in total. The van der Waals surface area contributed by atoms with E-state index in [4.69, 9.17) is 9.94 Å². The molecule has 1 saturated heterocycles. The second kappa shape index (κ2) is 9.95. The van der Waals surface area contributed by atoms with Crippen molar-refractivity contribution in [2.75, 3.05) is 13.1 Å². The fraction of sp³-hybridized carbons (Fsp3) is 0.526. The third-order valence-corrected chi connectivity index (χ3v) is 6.46. The minimum absolute atomic E-state index is 0.0588. The van der Waals surface area contributed by atoms with Crippen molar-refractivity contribution >= 4 is 29.1 Å². The maximum absolute atomic E-state index is 13.1. The van der Waals surface area contributed by atoms with Crippen LogP contribution in [0.25, 0.3) is 0 Å². The number of carboxylic acid groups (broad SMARTS) is 1. The predicted molar refractivity (Wildman–Crippen MR) is 108 cm³/mol. The Balaban J connectivity index is 1.32. The lowest BCUT2D eigenvalue weighted by Gasteiger charge is -2.31.